The van der Waals surface area contributed by atoms with Crippen LogP contribution in [0.25, 0.3) is 16.3 Å². The highest BCUT2D eigenvalue weighted by Gasteiger charge is 2.40. The van der Waals surface area contributed by atoms with Gasteiger partial charge in [0, 0.05) is 5.57 Å². The number of nitrogens with zero attached hydrogens (tertiary/aromatic N) is 2. The summed E-state index contributed by atoms with van der Waals surface area (Å²) in [6.07, 6.45) is -4.93. The van der Waals surface area contributed by atoms with Gasteiger partial charge in [0.05, 0.1) is 6.61 Å². The lowest BCUT2D eigenvalue weighted by atomic mass is 9.93. The van der Waals surface area contributed by atoms with Crippen molar-refractivity contribution in [3.63, 3.8) is 0 Å². The highest BCUT2D eigenvalue weighted by atomic mass is 19.4. The van der Waals surface area contributed by atoms with Crippen LogP contribution in [0.1, 0.15) is 23.9 Å². The third-order valence-corrected chi connectivity index (χ3v) is 4.03. The Balaban J connectivity index is 2.37. The van der Waals surface area contributed by atoms with Gasteiger partial charge in [-0.05, 0) is 29.3 Å². The molecule has 1 aromatic heterocycles. The van der Waals surface area contributed by atoms with Crippen LogP contribution in [0.15, 0.2) is 48.0 Å². The number of aromatic amines is 1. The van der Waals surface area contributed by atoms with Crippen LogP contribution < -0.4 is 0 Å². The lowest BCUT2D eigenvalue weighted by Crippen LogP contribution is -2.19. The SMILES string of the molecule is CCOC(=O)/C(C(=O)O)=C(\c1ccc2ccccc2c1)c1n[nH]nc1C(F)(F)F. The molecule has 1 heterocycles. The summed E-state index contributed by atoms with van der Waals surface area (Å²) in [4.78, 5) is 24.2. The molecule has 0 amide bonds. The van der Waals surface area contributed by atoms with Gasteiger partial charge in [0.15, 0.2) is 11.3 Å². The predicted octanol–water partition coefficient (Wildman–Crippen LogP) is 3.43. The van der Waals surface area contributed by atoms with Gasteiger partial charge in [-0.1, -0.05) is 36.4 Å². The van der Waals surface area contributed by atoms with Crippen LogP contribution in [-0.4, -0.2) is 39.1 Å². The number of carboxylic acid groups (broad SMARTS) is 1. The summed E-state index contributed by atoms with van der Waals surface area (Å²) in [7, 11) is 0. The minimum atomic E-state index is -4.93. The predicted molar refractivity (Wildman–Crippen MR) is 95.6 cm³/mol. The van der Waals surface area contributed by atoms with Gasteiger partial charge in [-0.15, -0.1) is 0 Å². The molecule has 150 valence electrons. The van der Waals surface area contributed by atoms with E-state index in [4.69, 9.17) is 4.74 Å². The molecular formula is C19H14F3N3O4. The number of carbonyl (C=O) groups is 2. The first-order valence-electron chi connectivity index (χ1n) is 8.36. The van der Waals surface area contributed by atoms with Crippen molar-refractivity contribution in [2.24, 2.45) is 0 Å². The van der Waals surface area contributed by atoms with Crippen LogP contribution in [0.3, 0.4) is 0 Å². The van der Waals surface area contributed by atoms with Crippen LogP contribution in [0, 0.1) is 0 Å². The van der Waals surface area contributed by atoms with Gasteiger partial charge in [-0.2, -0.15) is 28.6 Å². The van der Waals surface area contributed by atoms with Crippen LogP contribution in [0.4, 0.5) is 13.2 Å². The first kappa shape index (κ1) is 20.1. The van der Waals surface area contributed by atoms with Gasteiger partial charge >= 0.3 is 18.1 Å². The van der Waals surface area contributed by atoms with Gasteiger partial charge in [-0.25, -0.2) is 9.59 Å². The molecule has 0 atom stereocenters. The summed E-state index contributed by atoms with van der Waals surface area (Å²) in [5.41, 5.74) is -3.71. The van der Waals surface area contributed by atoms with Gasteiger partial charge in [0.2, 0.25) is 0 Å². The average molecular weight is 405 g/mol. The quantitative estimate of drug-likeness (QED) is 0.292. The Bertz CT molecular complexity index is 1120. The highest BCUT2D eigenvalue weighted by molar-refractivity contribution is 6.21. The van der Waals surface area contributed by atoms with Gasteiger partial charge < -0.3 is 9.84 Å². The summed E-state index contributed by atoms with van der Waals surface area (Å²) in [5.74, 6) is -3.03. The standard InChI is InChI=1S/C19H14F3N3O4/c1-2-29-18(28)14(17(26)27)13(15-16(19(20,21)22)24-25-23-15)12-8-7-10-5-3-4-6-11(10)9-12/h3-9H,2H2,1H3,(H,26,27)(H,23,24,25)/b14-13+. The van der Waals surface area contributed by atoms with E-state index in [9.17, 15) is 27.9 Å². The van der Waals surface area contributed by atoms with Crippen molar-refractivity contribution in [2.75, 3.05) is 6.61 Å². The van der Waals surface area contributed by atoms with Crippen molar-refractivity contribution < 1.29 is 32.6 Å². The van der Waals surface area contributed by atoms with Crippen molar-refractivity contribution in [1.82, 2.24) is 15.4 Å². The topological polar surface area (TPSA) is 105 Å². The van der Waals surface area contributed by atoms with E-state index in [-0.39, 0.29) is 12.2 Å². The van der Waals surface area contributed by atoms with E-state index >= 15 is 0 Å². The van der Waals surface area contributed by atoms with Gasteiger partial charge in [0.25, 0.3) is 0 Å². The number of aliphatic carboxylic acids is 1. The van der Waals surface area contributed by atoms with Gasteiger partial charge in [0.1, 0.15) is 5.69 Å². The first-order chi connectivity index (χ1) is 13.7. The zero-order valence-electron chi connectivity index (χ0n) is 14.9. The fraction of sp³-hybridized carbons (Fsp3) is 0.158. The molecule has 10 heteroatoms. The number of benzene rings is 2. The number of rotatable bonds is 5. The average Bonchev–Trinajstić information content (AvgIpc) is 3.15. The summed E-state index contributed by atoms with van der Waals surface area (Å²) < 4.78 is 45.0. The van der Waals surface area contributed by atoms with E-state index in [1.165, 1.54) is 19.1 Å². The minimum Gasteiger partial charge on any atom is -0.477 e. The molecule has 3 aromatic rings. The minimum absolute atomic E-state index is 0.0496. The number of esters is 1. The van der Waals surface area contributed by atoms with E-state index in [0.29, 0.717) is 5.39 Å². The molecule has 0 aliphatic heterocycles. The Labute approximate surface area is 161 Å². The zero-order valence-corrected chi connectivity index (χ0v) is 14.9. The molecule has 3 rings (SSSR count). The third kappa shape index (κ3) is 3.96. The van der Waals surface area contributed by atoms with E-state index in [2.05, 4.69) is 10.2 Å². The number of carbonyl (C=O) groups excluding carboxylic acids is 1. The summed E-state index contributed by atoms with van der Waals surface area (Å²) in [5, 5.41) is 19.5. The molecule has 2 aromatic carbocycles. The Morgan fingerprint density at radius 1 is 1.10 bits per heavy atom. The molecule has 0 fully saturated rings. The van der Waals surface area contributed by atoms with Crippen LogP contribution >= 0.6 is 0 Å². The fourth-order valence-corrected chi connectivity index (χ4v) is 2.85. The normalized spacial score (nSPS) is 12.6. The number of H-pyrrole nitrogens is 1. The van der Waals surface area contributed by atoms with Crippen LogP contribution in [-0.2, 0) is 20.5 Å². The number of halogens is 3. The number of alkyl halides is 3. The largest absolute Gasteiger partial charge is 0.477 e. The number of fused-ring (bicyclic) bond motifs is 1. The lowest BCUT2D eigenvalue weighted by molar-refractivity contribution is -0.144. The second kappa shape index (κ2) is 7.74. The van der Waals surface area contributed by atoms with E-state index in [1.54, 1.807) is 30.3 Å². The lowest BCUT2D eigenvalue weighted by Gasteiger charge is -2.13. The molecular weight excluding hydrogens is 391 g/mol. The number of ether oxygens (including phenoxy) is 1. The van der Waals surface area contributed by atoms with E-state index in [1.807, 2.05) is 5.21 Å². The summed E-state index contributed by atoms with van der Waals surface area (Å²) in [6.45, 7) is 1.29. The van der Waals surface area contributed by atoms with Crippen molar-refractivity contribution >= 4 is 28.3 Å². The second-order valence-electron chi connectivity index (χ2n) is 5.86. The smallest absolute Gasteiger partial charge is 0.437 e. The van der Waals surface area contributed by atoms with E-state index < -0.39 is 40.6 Å². The first-order valence-corrected chi connectivity index (χ1v) is 8.36. The van der Waals surface area contributed by atoms with Crippen molar-refractivity contribution in [3.8, 4) is 0 Å². The number of hydrogen-bond acceptors (Lipinski definition) is 5. The molecule has 2 N–H and O–H groups in total. The second-order valence-corrected chi connectivity index (χ2v) is 5.86. The number of carboxylic acids is 1. The Morgan fingerprint density at radius 3 is 2.41 bits per heavy atom. The summed E-state index contributed by atoms with van der Waals surface area (Å²) in [6, 6.07) is 11.5. The van der Waals surface area contributed by atoms with Gasteiger partial charge in [-0.3, -0.25) is 0 Å². The third-order valence-electron chi connectivity index (χ3n) is 4.03. The van der Waals surface area contributed by atoms with Crippen molar-refractivity contribution in [3.05, 3.63) is 65.0 Å². The monoisotopic (exact) mass is 405 g/mol. The molecule has 0 saturated heterocycles. The fourth-order valence-electron chi connectivity index (χ4n) is 2.85. The molecule has 0 bridgehead atoms. The molecule has 0 spiro atoms. The molecule has 0 aliphatic rings. The van der Waals surface area contributed by atoms with Crippen molar-refractivity contribution in [1.29, 1.82) is 0 Å². The molecule has 7 nitrogen and oxygen atoms in total. The molecule has 0 saturated carbocycles. The maximum atomic E-state index is 13.4. The number of aromatic nitrogens is 3. The maximum Gasteiger partial charge on any atom is 0.437 e. The highest BCUT2D eigenvalue weighted by Crippen LogP contribution is 2.37. The maximum absolute atomic E-state index is 13.4. The van der Waals surface area contributed by atoms with Crippen LogP contribution in [0.5, 0.6) is 0 Å². The Hall–Kier alpha value is -3.69. The Kier molecular flexibility index (Phi) is 5.35. The molecule has 0 unspecified atom stereocenters. The Morgan fingerprint density at radius 2 is 1.79 bits per heavy atom. The molecule has 0 radical (unpaired) electrons. The number of nitrogens with one attached hydrogen (secondary N) is 1. The summed E-state index contributed by atoms with van der Waals surface area (Å²) >= 11 is 0. The number of hydrogen-bond donors (Lipinski definition) is 2. The van der Waals surface area contributed by atoms with E-state index in [0.717, 1.165) is 5.39 Å². The zero-order chi connectivity index (χ0) is 21.2. The van der Waals surface area contributed by atoms with Crippen LogP contribution in [0.2, 0.25) is 0 Å². The van der Waals surface area contributed by atoms with Crippen molar-refractivity contribution in [2.45, 2.75) is 13.1 Å². The molecule has 0 aliphatic carbocycles. The molecule has 29 heavy (non-hydrogen) atoms.